The molecular weight excluding hydrogens is 306 g/mol. The third-order valence-corrected chi connectivity index (χ3v) is 4.21. The smallest absolute Gasteiger partial charge is 0.179 e. The Bertz CT molecular complexity index is 559. The maximum atomic E-state index is 8.98. The molecule has 0 fully saturated rings. The lowest BCUT2D eigenvalue weighted by Gasteiger charge is -2.00. The van der Waals surface area contributed by atoms with E-state index in [4.69, 9.17) is 5.26 Å². The summed E-state index contributed by atoms with van der Waals surface area (Å²) in [7, 11) is 0. The van der Waals surface area contributed by atoms with Crippen LogP contribution in [0.4, 0.5) is 0 Å². The van der Waals surface area contributed by atoms with E-state index in [9.17, 15) is 0 Å². The van der Waals surface area contributed by atoms with Crippen molar-refractivity contribution in [2.75, 3.05) is 0 Å². The molecule has 0 bridgehead atoms. The molecule has 1 aromatic carbocycles. The summed E-state index contributed by atoms with van der Waals surface area (Å²) in [5, 5.41) is 17.9. The lowest BCUT2D eigenvalue weighted by Crippen LogP contribution is -1.81. The predicted octanol–water partition coefficient (Wildman–Crippen LogP) is 3.63. The van der Waals surface area contributed by atoms with Crippen molar-refractivity contribution in [2.24, 2.45) is 0 Å². The van der Waals surface area contributed by atoms with Crippen LogP contribution < -0.4 is 0 Å². The first kappa shape index (κ1) is 11.6. The predicted molar refractivity (Wildman–Crippen MR) is 67.6 cm³/mol. The van der Waals surface area contributed by atoms with Crippen molar-refractivity contribution in [3.63, 3.8) is 0 Å². The van der Waals surface area contributed by atoms with Crippen LogP contribution in [0.15, 0.2) is 31.9 Å². The number of nitrogens with zero attached hydrogens (tertiary/aromatic N) is 3. The first-order valence-electron chi connectivity index (χ1n) is 4.36. The van der Waals surface area contributed by atoms with Crippen LogP contribution in [0.25, 0.3) is 0 Å². The lowest BCUT2D eigenvalue weighted by molar-refractivity contribution is 0.983. The van der Waals surface area contributed by atoms with Crippen molar-refractivity contribution in [1.82, 2.24) is 10.2 Å². The van der Waals surface area contributed by atoms with Gasteiger partial charge in [-0.05, 0) is 25.1 Å². The van der Waals surface area contributed by atoms with Gasteiger partial charge in [0.25, 0.3) is 0 Å². The highest BCUT2D eigenvalue weighted by atomic mass is 79.9. The second kappa shape index (κ2) is 4.95. The monoisotopic (exact) mass is 311 g/mol. The second-order valence-electron chi connectivity index (χ2n) is 2.94. The van der Waals surface area contributed by atoms with Crippen LogP contribution in [0.3, 0.4) is 0 Å². The maximum absolute atomic E-state index is 8.98. The van der Waals surface area contributed by atoms with Gasteiger partial charge < -0.3 is 0 Å². The number of nitriles is 1. The minimum Gasteiger partial charge on any atom is -0.192 e. The Kier molecular flexibility index (Phi) is 3.59. The van der Waals surface area contributed by atoms with Gasteiger partial charge in [-0.1, -0.05) is 39.0 Å². The van der Waals surface area contributed by atoms with Crippen molar-refractivity contribution < 1.29 is 0 Å². The van der Waals surface area contributed by atoms with Gasteiger partial charge in [-0.2, -0.15) is 5.26 Å². The third kappa shape index (κ3) is 2.61. The molecule has 0 amide bonds. The second-order valence-corrected chi connectivity index (χ2v) is 6.33. The number of aromatic nitrogens is 2. The van der Waals surface area contributed by atoms with Crippen molar-refractivity contribution in [1.29, 1.82) is 5.26 Å². The molecule has 1 heterocycles. The number of benzene rings is 1. The molecule has 0 aliphatic heterocycles. The van der Waals surface area contributed by atoms with Crippen molar-refractivity contribution in [3.8, 4) is 6.07 Å². The average molecular weight is 312 g/mol. The number of rotatable bonds is 2. The van der Waals surface area contributed by atoms with E-state index in [1.165, 1.54) is 23.1 Å². The standard InChI is InChI=1S/C10H6BrN3S2/c1-6-13-14-10(15-6)16-9-4-8(11)3-2-7(9)5-12/h2-4H,1H3. The fourth-order valence-corrected chi connectivity index (χ4v) is 3.49. The van der Waals surface area contributed by atoms with Crippen molar-refractivity contribution >= 4 is 39.0 Å². The fourth-order valence-electron chi connectivity index (χ4n) is 1.09. The summed E-state index contributed by atoms with van der Waals surface area (Å²) in [5.74, 6) is 0. The molecule has 1 aromatic heterocycles. The normalized spacial score (nSPS) is 10.1. The highest BCUT2D eigenvalue weighted by molar-refractivity contribution is 9.10. The average Bonchev–Trinajstić information content (AvgIpc) is 2.64. The summed E-state index contributed by atoms with van der Waals surface area (Å²) in [6.07, 6.45) is 0. The zero-order valence-electron chi connectivity index (χ0n) is 8.27. The first-order valence-corrected chi connectivity index (χ1v) is 6.79. The zero-order valence-corrected chi connectivity index (χ0v) is 11.5. The molecule has 2 rings (SSSR count). The van der Waals surface area contributed by atoms with Crippen molar-refractivity contribution in [2.45, 2.75) is 16.2 Å². The highest BCUT2D eigenvalue weighted by Gasteiger charge is 2.08. The van der Waals surface area contributed by atoms with Crippen LogP contribution in [-0.4, -0.2) is 10.2 Å². The Morgan fingerprint density at radius 1 is 1.44 bits per heavy atom. The van der Waals surface area contributed by atoms with E-state index in [-0.39, 0.29) is 0 Å². The minimum atomic E-state index is 0.654. The van der Waals surface area contributed by atoms with Gasteiger partial charge in [-0.3, -0.25) is 0 Å². The van der Waals surface area contributed by atoms with Crippen LogP contribution in [0.5, 0.6) is 0 Å². The maximum Gasteiger partial charge on any atom is 0.179 e. The number of hydrogen-bond donors (Lipinski definition) is 0. The van der Waals surface area contributed by atoms with E-state index in [0.29, 0.717) is 5.56 Å². The van der Waals surface area contributed by atoms with E-state index < -0.39 is 0 Å². The molecule has 0 aliphatic carbocycles. The van der Waals surface area contributed by atoms with Gasteiger partial charge in [0, 0.05) is 9.37 Å². The summed E-state index contributed by atoms with van der Waals surface area (Å²) in [6.45, 7) is 1.91. The summed E-state index contributed by atoms with van der Waals surface area (Å²) in [6, 6.07) is 7.73. The summed E-state index contributed by atoms with van der Waals surface area (Å²) < 4.78 is 1.81. The Morgan fingerprint density at radius 3 is 2.88 bits per heavy atom. The van der Waals surface area contributed by atoms with Gasteiger partial charge in [0.1, 0.15) is 11.1 Å². The molecule has 0 aliphatic rings. The molecule has 0 unspecified atom stereocenters. The van der Waals surface area contributed by atoms with E-state index in [1.807, 2.05) is 19.1 Å². The molecule has 0 spiro atoms. The van der Waals surface area contributed by atoms with E-state index in [2.05, 4.69) is 32.2 Å². The van der Waals surface area contributed by atoms with E-state index >= 15 is 0 Å². The third-order valence-electron chi connectivity index (χ3n) is 1.77. The van der Waals surface area contributed by atoms with Gasteiger partial charge in [-0.25, -0.2) is 0 Å². The minimum absolute atomic E-state index is 0.654. The quantitative estimate of drug-likeness (QED) is 0.849. The van der Waals surface area contributed by atoms with Gasteiger partial charge in [0.15, 0.2) is 4.34 Å². The van der Waals surface area contributed by atoms with E-state index in [0.717, 1.165) is 18.7 Å². The van der Waals surface area contributed by atoms with Gasteiger partial charge in [-0.15, -0.1) is 10.2 Å². The Labute approximate surface area is 110 Å². The molecule has 2 aromatic rings. The first-order chi connectivity index (χ1) is 7.69. The van der Waals surface area contributed by atoms with Crippen LogP contribution in [0, 0.1) is 18.3 Å². The van der Waals surface area contributed by atoms with Crippen LogP contribution >= 0.6 is 39.0 Å². The van der Waals surface area contributed by atoms with Gasteiger partial charge in [0.2, 0.25) is 0 Å². The van der Waals surface area contributed by atoms with Crippen LogP contribution in [-0.2, 0) is 0 Å². The topological polar surface area (TPSA) is 49.6 Å². The number of halogens is 1. The Hall–Kier alpha value is -0.900. The number of hydrogen-bond acceptors (Lipinski definition) is 5. The van der Waals surface area contributed by atoms with Crippen LogP contribution in [0.1, 0.15) is 10.6 Å². The fraction of sp³-hybridized carbons (Fsp3) is 0.100. The summed E-state index contributed by atoms with van der Waals surface area (Å²) in [4.78, 5) is 0.896. The Morgan fingerprint density at radius 2 is 2.25 bits per heavy atom. The van der Waals surface area contributed by atoms with Gasteiger partial charge in [0.05, 0.1) is 5.56 Å². The highest BCUT2D eigenvalue weighted by Crippen LogP contribution is 2.33. The summed E-state index contributed by atoms with van der Waals surface area (Å²) in [5.41, 5.74) is 0.654. The van der Waals surface area contributed by atoms with E-state index in [1.54, 1.807) is 6.07 Å². The summed E-state index contributed by atoms with van der Waals surface area (Å²) >= 11 is 6.38. The largest absolute Gasteiger partial charge is 0.192 e. The molecule has 0 N–H and O–H groups in total. The van der Waals surface area contributed by atoms with Gasteiger partial charge >= 0.3 is 0 Å². The Balaban J connectivity index is 2.34. The lowest BCUT2D eigenvalue weighted by atomic mass is 10.2. The number of aryl methyl sites for hydroxylation is 1. The zero-order chi connectivity index (χ0) is 11.5. The molecule has 6 heteroatoms. The molecule has 3 nitrogen and oxygen atoms in total. The molecular formula is C10H6BrN3S2. The molecule has 80 valence electrons. The molecule has 0 atom stereocenters. The molecule has 0 radical (unpaired) electrons. The van der Waals surface area contributed by atoms with Crippen molar-refractivity contribution in [3.05, 3.63) is 33.2 Å². The molecule has 0 saturated carbocycles. The molecule has 16 heavy (non-hydrogen) atoms. The van der Waals surface area contributed by atoms with Crippen LogP contribution in [0.2, 0.25) is 0 Å². The molecule has 0 saturated heterocycles. The SMILES string of the molecule is Cc1nnc(Sc2cc(Br)ccc2C#N)s1.